The Labute approximate surface area is 123 Å². The first-order valence-corrected chi connectivity index (χ1v) is 7.09. The Balaban J connectivity index is 1.79. The lowest BCUT2D eigenvalue weighted by atomic mass is 10.1. The molecule has 1 aliphatic rings. The molecule has 0 aliphatic carbocycles. The molecule has 3 N–H and O–H groups in total. The minimum absolute atomic E-state index is 0.178. The number of benzene rings is 1. The molecule has 0 bridgehead atoms. The topological polar surface area (TPSA) is 89.9 Å². The standard InChI is InChI=1S/C15H20N2O4/c18-13-5-2-8-17(10-13)15(21)16-7-6-11-3-1-4-12(9-11)14(19)20/h1,3-4,9,13,18H,2,5-8,10H2,(H,16,21)(H,19,20). The van der Waals surface area contributed by atoms with Gasteiger partial charge in [0.25, 0.3) is 0 Å². The molecule has 6 heteroatoms. The summed E-state index contributed by atoms with van der Waals surface area (Å²) in [4.78, 5) is 24.4. The molecule has 0 aromatic heterocycles. The number of carbonyl (C=O) groups is 2. The normalized spacial score (nSPS) is 18.3. The number of β-amino-alcohol motifs (C(OH)–C–C–N with tert-alkyl or cyclic N) is 1. The third-order valence-electron chi connectivity index (χ3n) is 3.55. The largest absolute Gasteiger partial charge is 0.478 e. The van der Waals surface area contributed by atoms with E-state index < -0.39 is 12.1 Å². The summed E-state index contributed by atoms with van der Waals surface area (Å²) in [5.41, 5.74) is 1.12. The van der Waals surface area contributed by atoms with Gasteiger partial charge in [0, 0.05) is 19.6 Å². The van der Waals surface area contributed by atoms with Crippen LogP contribution in [0.5, 0.6) is 0 Å². The Hall–Kier alpha value is -2.08. The molecule has 2 amide bonds. The van der Waals surface area contributed by atoms with Crippen molar-refractivity contribution in [2.24, 2.45) is 0 Å². The Morgan fingerprint density at radius 1 is 1.38 bits per heavy atom. The van der Waals surface area contributed by atoms with E-state index in [0.717, 1.165) is 18.4 Å². The number of aliphatic hydroxyl groups excluding tert-OH is 1. The molecule has 1 aliphatic heterocycles. The predicted molar refractivity (Wildman–Crippen MR) is 77.3 cm³/mol. The molecule has 0 spiro atoms. The third kappa shape index (κ3) is 4.46. The number of aliphatic hydroxyl groups is 1. The zero-order valence-corrected chi connectivity index (χ0v) is 11.8. The van der Waals surface area contributed by atoms with Crippen LogP contribution in [0.15, 0.2) is 24.3 Å². The fraction of sp³-hybridized carbons (Fsp3) is 0.467. The van der Waals surface area contributed by atoms with E-state index in [-0.39, 0.29) is 11.6 Å². The Morgan fingerprint density at radius 2 is 2.19 bits per heavy atom. The van der Waals surface area contributed by atoms with Crippen molar-refractivity contribution in [1.82, 2.24) is 10.2 Å². The van der Waals surface area contributed by atoms with Gasteiger partial charge in [0.2, 0.25) is 0 Å². The first-order valence-electron chi connectivity index (χ1n) is 7.09. The zero-order chi connectivity index (χ0) is 15.2. The van der Waals surface area contributed by atoms with Crippen molar-refractivity contribution in [2.75, 3.05) is 19.6 Å². The number of nitrogens with zero attached hydrogens (tertiary/aromatic N) is 1. The SMILES string of the molecule is O=C(O)c1cccc(CCNC(=O)N2CCCC(O)C2)c1. The van der Waals surface area contributed by atoms with E-state index in [4.69, 9.17) is 5.11 Å². The summed E-state index contributed by atoms with van der Waals surface area (Å²) in [6.45, 7) is 1.48. The fourth-order valence-electron chi connectivity index (χ4n) is 2.42. The lowest BCUT2D eigenvalue weighted by molar-refractivity contribution is 0.0696. The first kappa shape index (κ1) is 15.3. The zero-order valence-electron chi connectivity index (χ0n) is 11.8. The average Bonchev–Trinajstić information content (AvgIpc) is 2.47. The maximum Gasteiger partial charge on any atom is 0.335 e. The molecular formula is C15H20N2O4. The van der Waals surface area contributed by atoms with E-state index in [1.54, 1.807) is 23.1 Å². The van der Waals surface area contributed by atoms with Gasteiger partial charge in [-0.05, 0) is 37.0 Å². The molecule has 2 rings (SSSR count). The van der Waals surface area contributed by atoms with E-state index in [2.05, 4.69) is 5.32 Å². The van der Waals surface area contributed by atoms with Gasteiger partial charge in [0.05, 0.1) is 11.7 Å². The molecule has 1 heterocycles. The van der Waals surface area contributed by atoms with Crippen molar-refractivity contribution in [3.8, 4) is 0 Å². The summed E-state index contributed by atoms with van der Waals surface area (Å²) >= 11 is 0. The van der Waals surface area contributed by atoms with Gasteiger partial charge in [-0.2, -0.15) is 0 Å². The molecule has 21 heavy (non-hydrogen) atoms. The molecule has 1 aromatic rings. The van der Waals surface area contributed by atoms with Crippen molar-refractivity contribution in [3.05, 3.63) is 35.4 Å². The lowest BCUT2D eigenvalue weighted by Crippen LogP contribution is -2.47. The summed E-state index contributed by atoms with van der Waals surface area (Å²) in [6, 6.07) is 6.51. The quantitative estimate of drug-likeness (QED) is 0.775. The highest BCUT2D eigenvalue weighted by Crippen LogP contribution is 2.10. The highest BCUT2D eigenvalue weighted by atomic mass is 16.4. The number of carbonyl (C=O) groups excluding carboxylic acids is 1. The summed E-state index contributed by atoms with van der Waals surface area (Å²) in [6.07, 6.45) is 1.70. The van der Waals surface area contributed by atoms with Gasteiger partial charge in [0.1, 0.15) is 0 Å². The maximum absolute atomic E-state index is 11.9. The number of urea groups is 1. The molecule has 1 aromatic carbocycles. The molecule has 1 atom stereocenters. The second-order valence-corrected chi connectivity index (χ2v) is 5.23. The van der Waals surface area contributed by atoms with E-state index in [1.807, 2.05) is 6.07 Å². The van der Waals surface area contributed by atoms with E-state index in [0.29, 0.717) is 26.1 Å². The van der Waals surface area contributed by atoms with Crippen LogP contribution in [-0.4, -0.2) is 52.9 Å². The van der Waals surface area contributed by atoms with Crippen LogP contribution in [0.25, 0.3) is 0 Å². The Bertz CT molecular complexity index is 518. The minimum Gasteiger partial charge on any atom is -0.478 e. The molecule has 0 saturated carbocycles. The molecule has 1 saturated heterocycles. The van der Waals surface area contributed by atoms with Crippen LogP contribution < -0.4 is 5.32 Å². The van der Waals surface area contributed by atoms with Gasteiger partial charge in [-0.25, -0.2) is 9.59 Å². The maximum atomic E-state index is 11.9. The predicted octanol–water partition coefficient (Wildman–Crippen LogP) is 1.09. The van der Waals surface area contributed by atoms with Crippen LogP contribution >= 0.6 is 0 Å². The van der Waals surface area contributed by atoms with E-state index >= 15 is 0 Å². The smallest absolute Gasteiger partial charge is 0.335 e. The number of likely N-dealkylation sites (tertiary alicyclic amines) is 1. The van der Waals surface area contributed by atoms with Gasteiger partial charge >= 0.3 is 12.0 Å². The van der Waals surface area contributed by atoms with Gasteiger partial charge in [0.15, 0.2) is 0 Å². The van der Waals surface area contributed by atoms with Crippen LogP contribution in [0.1, 0.15) is 28.8 Å². The number of carboxylic acid groups (broad SMARTS) is 1. The number of piperidine rings is 1. The molecule has 0 radical (unpaired) electrons. The molecular weight excluding hydrogens is 272 g/mol. The van der Waals surface area contributed by atoms with Gasteiger partial charge in [-0.15, -0.1) is 0 Å². The second-order valence-electron chi connectivity index (χ2n) is 5.23. The van der Waals surface area contributed by atoms with Gasteiger partial charge < -0.3 is 20.4 Å². The monoisotopic (exact) mass is 292 g/mol. The van der Waals surface area contributed by atoms with Crippen molar-refractivity contribution >= 4 is 12.0 Å². The number of rotatable bonds is 4. The second kappa shape index (κ2) is 7.08. The van der Waals surface area contributed by atoms with Crippen molar-refractivity contribution in [2.45, 2.75) is 25.4 Å². The Kier molecular flexibility index (Phi) is 5.16. The van der Waals surface area contributed by atoms with Crippen molar-refractivity contribution < 1.29 is 19.8 Å². The summed E-state index contributed by atoms with van der Waals surface area (Å²) in [7, 11) is 0. The summed E-state index contributed by atoms with van der Waals surface area (Å²) in [5, 5.41) is 21.3. The van der Waals surface area contributed by atoms with E-state index in [9.17, 15) is 14.7 Å². The summed E-state index contributed by atoms with van der Waals surface area (Å²) < 4.78 is 0. The van der Waals surface area contributed by atoms with Gasteiger partial charge in [-0.3, -0.25) is 0 Å². The first-order chi connectivity index (χ1) is 10.1. The van der Waals surface area contributed by atoms with Crippen LogP contribution in [0, 0.1) is 0 Å². The number of hydrogen-bond acceptors (Lipinski definition) is 3. The Morgan fingerprint density at radius 3 is 2.90 bits per heavy atom. The number of nitrogens with one attached hydrogen (secondary N) is 1. The highest BCUT2D eigenvalue weighted by Gasteiger charge is 2.21. The molecule has 114 valence electrons. The lowest BCUT2D eigenvalue weighted by Gasteiger charge is -2.30. The van der Waals surface area contributed by atoms with E-state index in [1.165, 1.54) is 0 Å². The van der Waals surface area contributed by atoms with Crippen LogP contribution in [0.2, 0.25) is 0 Å². The van der Waals surface area contributed by atoms with Crippen LogP contribution in [0.4, 0.5) is 4.79 Å². The number of amides is 2. The highest BCUT2D eigenvalue weighted by molar-refractivity contribution is 5.87. The third-order valence-corrected chi connectivity index (χ3v) is 3.55. The average molecular weight is 292 g/mol. The van der Waals surface area contributed by atoms with Crippen LogP contribution in [-0.2, 0) is 6.42 Å². The fourth-order valence-corrected chi connectivity index (χ4v) is 2.42. The molecule has 6 nitrogen and oxygen atoms in total. The number of carboxylic acids is 1. The molecule has 1 fully saturated rings. The minimum atomic E-state index is -0.955. The van der Waals surface area contributed by atoms with Gasteiger partial charge in [-0.1, -0.05) is 12.1 Å². The number of hydrogen-bond donors (Lipinski definition) is 3. The van der Waals surface area contributed by atoms with Crippen molar-refractivity contribution in [3.63, 3.8) is 0 Å². The van der Waals surface area contributed by atoms with Crippen molar-refractivity contribution in [1.29, 1.82) is 0 Å². The number of aromatic carboxylic acids is 1. The van der Waals surface area contributed by atoms with Crippen LogP contribution in [0.3, 0.4) is 0 Å². The molecule has 1 unspecified atom stereocenters. The summed E-state index contributed by atoms with van der Waals surface area (Å²) in [5.74, 6) is -0.955.